The van der Waals surface area contributed by atoms with E-state index in [9.17, 15) is 0 Å². The first-order valence-electron chi connectivity index (χ1n) is 7.28. The summed E-state index contributed by atoms with van der Waals surface area (Å²) in [5.41, 5.74) is 4.63. The Morgan fingerprint density at radius 1 is 0.818 bits per heavy atom. The summed E-state index contributed by atoms with van der Waals surface area (Å²) in [7, 11) is 0. The summed E-state index contributed by atoms with van der Waals surface area (Å²) in [6, 6.07) is 20.9. The fourth-order valence-corrected chi connectivity index (χ4v) is 2.79. The van der Waals surface area contributed by atoms with Crippen molar-refractivity contribution >= 4 is 10.9 Å². The first-order valence-corrected chi connectivity index (χ1v) is 7.28. The predicted molar refractivity (Wildman–Crippen MR) is 89.0 cm³/mol. The lowest BCUT2D eigenvalue weighted by molar-refractivity contribution is 0.967. The van der Waals surface area contributed by atoms with Gasteiger partial charge in [0.2, 0.25) is 5.95 Å². The summed E-state index contributed by atoms with van der Waals surface area (Å²) in [5.74, 6) is 0.695. The summed E-state index contributed by atoms with van der Waals surface area (Å²) in [5, 5.41) is 1.19. The number of hydrogen-bond donors (Lipinski definition) is 0. The molecule has 0 atom stereocenters. The zero-order valence-electron chi connectivity index (χ0n) is 12.3. The van der Waals surface area contributed by atoms with Crippen LogP contribution in [0.3, 0.4) is 0 Å². The highest BCUT2D eigenvalue weighted by Gasteiger charge is 2.13. The summed E-state index contributed by atoms with van der Waals surface area (Å²) < 4.78 is 2.12. The van der Waals surface area contributed by atoms with Crippen molar-refractivity contribution in [3.8, 4) is 17.2 Å². The van der Waals surface area contributed by atoms with Gasteiger partial charge in [0.1, 0.15) is 0 Å². The van der Waals surface area contributed by atoms with Crippen molar-refractivity contribution < 1.29 is 0 Å². The van der Waals surface area contributed by atoms with Crippen LogP contribution in [0.4, 0.5) is 0 Å². The monoisotopic (exact) mass is 285 g/mol. The van der Waals surface area contributed by atoms with Gasteiger partial charge < -0.3 is 0 Å². The topological polar surface area (TPSA) is 30.7 Å². The van der Waals surface area contributed by atoms with Crippen LogP contribution in [0, 0.1) is 6.92 Å². The van der Waals surface area contributed by atoms with E-state index in [0.29, 0.717) is 5.95 Å². The lowest BCUT2D eigenvalue weighted by atomic mass is 10.1. The van der Waals surface area contributed by atoms with Gasteiger partial charge in [-0.3, -0.25) is 4.57 Å². The van der Waals surface area contributed by atoms with Crippen LogP contribution in [-0.2, 0) is 0 Å². The van der Waals surface area contributed by atoms with Crippen molar-refractivity contribution in [3.63, 3.8) is 0 Å². The summed E-state index contributed by atoms with van der Waals surface area (Å²) >= 11 is 0. The van der Waals surface area contributed by atoms with Gasteiger partial charge in [0.15, 0.2) is 0 Å². The van der Waals surface area contributed by atoms with E-state index in [4.69, 9.17) is 0 Å². The lowest BCUT2D eigenvalue weighted by Gasteiger charge is -2.09. The van der Waals surface area contributed by atoms with Gasteiger partial charge in [0.05, 0.1) is 11.2 Å². The second-order valence-corrected chi connectivity index (χ2v) is 5.34. The molecule has 3 heteroatoms. The Kier molecular flexibility index (Phi) is 2.97. The number of rotatable bonds is 2. The Morgan fingerprint density at radius 2 is 1.64 bits per heavy atom. The molecule has 0 saturated carbocycles. The molecule has 106 valence electrons. The number of aryl methyl sites for hydroxylation is 1. The molecule has 0 aliphatic heterocycles. The van der Waals surface area contributed by atoms with E-state index in [2.05, 4.69) is 70.0 Å². The van der Waals surface area contributed by atoms with E-state index in [0.717, 1.165) is 11.2 Å². The maximum atomic E-state index is 4.43. The highest BCUT2D eigenvalue weighted by Crippen LogP contribution is 2.30. The quantitative estimate of drug-likeness (QED) is 0.546. The normalized spacial score (nSPS) is 11.0. The van der Waals surface area contributed by atoms with E-state index in [1.54, 1.807) is 12.4 Å². The fraction of sp³-hybridized carbons (Fsp3) is 0.0526. The predicted octanol–water partition coefficient (Wildman–Crippen LogP) is 4.40. The van der Waals surface area contributed by atoms with Gasteiger partial charge in [-0.25, -0.2) is 9.97 Å². The standard InChI is InChI=1S/C19H15N3/c1-14-6-4-8-15(12-14)18-13-16-7-2-3-9-17(16)22(18)19-20-10-5-11-21-19/h2-13H,1H3. The van der Waals surface area contributed by atoms with E-state index >= 15 is 0 Å². The number of fused-ring (bicyclic) bond motifs is 1. The molecule has 0 aliphatic rings. The first kappa shape index (κ1) is 12.8. The summed E-state index contributed by atoms with van der Waals surface area (Å²) in [6.45, 7) is 2.11. The highest BCUT2D eigenvalue weighted by atomic mass is 15.2. The molecule has 4 rings (SSSR count). The minimum absolute atomic E-state index is 0.695. The van der Waals surface area contributed by atoms with Crippen LogP contribution < -0.4 is 0 Å². The maximum absolute atomic E-state index is 4.43. The minimum atomic E-state index is 0.695. The SMILES string of the molecule is Cc1cccc(-c2cc3ccccc3n2-c2ncccn2)c1. The third-order valence-corrected chi connectivity index (χ3v) is 3.78. The van der Waals surface area contributed by atoms with Crippen molar-refractivity contribution in [1.29, 1.82) is 0 Å². The van der Waals surface area contributed by atoms with Crippen LogP contribution >= 0.6 is 0 Å². The zero-order valence-corrected chi connectivity index (χ0v) is 12.3. The van der Waals surface area contributed by atoms with Gasteiger partial charge in [0, 0.05) is 17.8 Å². The first-order chi connectivity index (χ1) is 10.8. The Morgan fingerprint density at radius 3 is 2.45 bits per heavy atom. The van der Waals surface area contributed by atoms with Crippen LogP contribution in [0.25, 0.3) is 28.1 Å². The molecule has 2 heterocycles. The summed E-state index contributed by atoms with van der Waals surface area (Å²) in [6.07, 6.45) is 3.55. The van der Waals surface area contributed by atoms with Gasteiger partial charge >= 0.3 is 0 Å². The molecule has 0 spiro atoms. The molecule has 0 radical (unpaired) electrons. The molecule has 0 saturated heterocycles. The van der Waals surface area contributed by atoms with Crippen molar-refractivity contribution in [2.75, 3.05) is 0 Å². The zero-order chi connectivity index (χ0) is 14.9. The Labute approximate surface area is 128 Å². The Balaban J connectivity index is 2.06. The lowest BCUT2D eigenvalue weighted by Crippen LogP contribution is -2.01. The molecule has 22 heavy (non-hydrogen) atoms. The van der Waals surface area contributed by atoms with Crippen molar-refractivity contribution in [2.45, 2.75) is 6.92 Å². The Hall–Kier alpha value is -2.94. The van der Waals surface area contributed by atoms with Crippen LogP contribution in [-0.4, -0.2) is 14.5 Å². The molecule has 2 aromatic heterocycles. The number of aromatic nitrogens is 3. The van der Waals surface area contributed by atoms with E-state index in [1.165, 1.54) is 16.5 Å². The van der Waals surface area contributed by atoms with Gasteiger partial charge in [-0.15, -0.1) is 0 Å². The number of nitrogens with zero attached hydrogens (tertiary/aromatic N) is 3. The average molecular weight is 285 g/mol. The molecule has 0 aliphatic carbocycles. The van der Waals surface area contributed by atoms with E-state index in [-0.39, 0.29) is 0 Å². The molecule has 2 aromatic carbocycles. The maximum Gasteiger partial charge on any atom is 0.234 e. The second-order valence-electron chi connectivity index (χ2n) is 5.34. The van der Waals surface area contributed by atoms with Crippen molar-refractivity contribution in [3.05, 3.63) is 78.6 Å². The smallest absolute Gasteiger partial charge is 0.234 e. The van der Waals surface area contributed by atoms with Gasteiger partial charge in [-0.2, -0.15) is 0 Å². The van der Waals surface area contributed by atoms with E-state index < -0.39 is 0 Å². The minimum Gasteiger partial charge on any atom is -0.278 e. The molecule has 0 unspecified atom stereocenters. The van der Waals surface area contributed by atoms with Crippen molar-refractivity contribution in [2.24, 2.45) is 0 Å². The third kappa shape index (κ3) is 2.07. The highest BCUT2D eigenvalue weighted by molar-refractivity contribution is 5.88. The Bertz CT molecular complexity index is 939. The van der Waals surface area contributed by atoms with Crippen LogP contribution in [0.1, 0.15) is 5.56 Å². The van der Waals surface area contributed by atoms with Crippen LogP contribution in [0.15, 0.2) is 73.1 Å². The van der Waals surface area contributed by atoms with Crippen LogP contribution in [0.5, 0.6) is 0 Å². The molecule has 0 bridgehead atoms. The molecular weight excluding hydrogens is 270 g/mol. The number of hydrogen-bond acceptors (Lipinski definition) is 2. The van der Waals surface area contributed by atoms with E-state index in [1.807, 2.05) is 12.1 Å². The van der Waals surface area contributed by atoms with Crippen LogP contribution in [0.2, 0.25) is 0 Å². The van der Waals surface area contributed by atoms with Gasteiger partial charge in [0.25, 0.3) is 0 Å². The molecule has 4 aromatic rings. The largest absolute Gasteiger partial charge is 0.278 e. The molecular formula is C19H15N3. The van der Waals surface area contributed by atoms with Gasteiger partial charge in [-0.1, -0.05) is 42.0 Å². The average Bonchev–Trinajstić information content (AvgIpc) is 2.95. The fourth-order valence-electron chi connectivity index (χ4n) is 2.79. The summed E-state index contributed by atoms with van der Waals surface area (Å²) in [4.78, 5) is 8.86. The molecule has 0 fully saturated rings. The van der Waals surface area contributed by atoms with Gasteiger partial charge in [-0.05, 0) is 36.8 Å². The molecule has 0 N–H and O–H groups in total. The van der Waals surface area contributed by atoms with Crippen molar-refractivity contribution in [1.82, 2.24) is 14.5 Å². The second kappa shape index (κ2) is 5.11. The number of para-hydroxylation sites is 1. The molecule has 0 amide bonds. The molecule has 3 nitrogen and oxygen atoms in total. The number of benzene rings is 2. The third-order valence-electron chi connectivity index (χ3n) is 3.78.